The van der Waals surface area contributed by atoms with Gasteiger partial charge < -0.3 is 15.4 Å². The zero-order valence-corrected chi connectivity index (χ0v) is 9.82. The van der Waals surface area contributed by atoms with Crippen LogP contribution in [0.4, 0.5) is 0 Å². The molecule has 0 aromatic rings. The van der Waals surface area contributed by atoms with Gasteiger partial charge >= 0.3 is 0 Å². The molecule has 4 heteroatoms. The van der Waals surface area contributed by atoms with Gasteiger partial charge in [-0.05, 0) is 32.0 Å². The van der Waals surface area contributed by atoms with Crippen molar-refractivity contribution >= 4 is 17.3 Å². The van der Waals surface area contributed by atoms with Crippen molar-refractivity contribution in [3.8, 4) is 0 Å². The predicted molar refractivity (Wildman–Crippen MR) is 62.4 cm³/mol. The molecule has 1 aliphatic rings. The van der Waals surface area contributed by atoms with Gasteiger partial charge in [-0.3, -0.25) is 0 Å². The molecule has 0 aromatic heterocycles. The molecule has 2 N–H and O–H groups in total. The van der Waals surface area contributed by atoms with E-state index in [1.807, 2.05) is 0 Å². The van der Waals surface area contributed by atoms with Gasteiger partial charge in [0.15, 0.2) is 5.11 Å². The van der Waals surface area contributed by atoms with E-state index in [9.17, 15) is 0 Å². The molecule has 1 rings (SSSR count). The Balaban J connectivity index is 2.10. The van der Waals surface area contributed by atoms with Gasteiger partial charge in [-0.25, -0.2) is 0 Å². The first-order valence-corrected chi connectivity index (χ1v) is 5.78. The van der Waals surface area contributed by atoms with E-state index in [2.05, 4.69) is 24.5 Å². The van der Waals surface area contributed by atoms with Crippen molar-refractivity contribution in [2.45, 2.75) is 32.8 Å². The predicted octanol–water partition coefficient (Wildman–Crippen LogP) is 1.29. The molecule has 82 valence electrons. The van der Waals surface area contributed by atoms with E-state index < -0.39 is 0 Å². The maximum absolute atomic E-state index is 5.48. The summed E-state index contributed by atoms with van der Waals surface area (Å²) in [5.41, 5.74) is 0. The summed E-state index contributed by atoms with van der Waals surface area (Å²) in [7, 11) is 0. The number of rotatable bonds is 4. The Morgan fingerprint density at radius 1 is 1.50 bits per heavy atom. The van der Waals surface area contributed by atoms with E-state index in [1.165, 1.54) is 0 Å². The molecule has 2 unspecified atom stereocenters. The summed E-state index contributed by atoms with van der Waals surface area (Å²) in [4.78, 5) is 0. The minimum Gasteiger partial charge on any atom is -0.378 e. The van der Waals surface area contributed by atoms with Crippen LogP contribution >= 0.6 is 12.2 Å². The highest BCUT2D eigenvalue weighted by Crippen LogP contribution is 2.18. The van der Waals surface area contributed by atoms with Crippen LogP contribution in [0.1, 0.15) is 26.7 Å². The molecule has 1 saturated heterocycles. The molecule has 0 spiro atoms. The third-order valence-corrected chi connectivity index (χ3v) is 2.88. The Kier molecular flexibility index (Phi) is 5.19. The van der Waals surface area contributed by atoms with E-state index in [0.29, 0.717) is 12.0 Å². The molecule has 0 aliphatic carbocycles. The molecule has 0 radical (unpaired) electrons. The minimum atomic E-state index is 0.372. The lowest BCUT2D eigenvalue weighted by Gasteiger charge is -2.16. The molecule has 1 heterocycles. The van der Waals surface area contributed by atoms with Crippen LogP contribution < -0.4 is 10.6 Å². The maximum atomic E-state index is 5.48. The van der Waals surface area contributed by atoms with Gasteiger partial charge in [0.25, 0.3) is 0 Å². The average Bonchev–Trinajstić information content (AvgIpc) is 2.58. The Morgan fingerprint density at radius 2 is 2.29 bits per heavy atom. The smallest absolute Gasteiger partial charge is 0.166 e. The van der Waals surface area contributed by atoms with Crippen LogP contribution in [0.5, 0.6) is 0 Å². The van der Waals surface area contributed by atoms with Crippen molar-refractivity contribution < 1.29 is 4.74 Å². The maximum Gasteiger partial charge on any atom is 0.166 e. The van der Waals surface area contributed by atoms with Crippen LogP contribution in [-0.4, -0.2) is 30.9 Å². The standard InChI is InChI=1S/C10H20N2OS/c1-3-5-11-10(14)12-7-9-4-6-13-8(9)2/h8-9H,3-7H2,1-2H3,(H2,11,12,14). The second kappa shape index (κ2) is 6.19. The Hall–Kier alpha value is -0.350. The van der Waals surface area contributed by atoms with E-state index >= 15 is 0 Å². The molecule has 0 aromatic carbocycles. The van der Waals surface area contributed by atoms with Crippen LogP contribution in [0.15, 0.2) is 0 Å². The summed E-state index contributed by atoms with van der Waals surface area (Å²) in [6.45, 7) is 7.02. The van der Waals surface area contributed by atoms with Gasteiger partial charge in [0, 0.05) is 25.6 Å². The van der Waals surface area contributed by atoms with Gasteiger partial charge in [0.2, 0.25) is 0 Å². The van der Waals surface area contributed by atoms with Crippen LogP contribution in [0.3, 0.4) is 0 Å². The zero-order valence-electron chi connectivity index (χ0n) is 9.01. The molecule has 1 fully saturated rings. The highest BCUT2D eigenvalue weighted by molar-refractivity contribution is 7.80. The lowest BCUT2D eigenvalue weighted by Crippen LogP contribution is -2.39. The number of nitrogens with one attached hydrogen (secondary N) is 2. The fraction of sp³-hybridized carbons (Fsp3) is 0.900. The molecule has 1 aliphatic heterocycles. The molecule has 0 amide bonds. The molecular formula is C10H20N2OS. The monoisotopic (exact) mass is 216 g/mol. The van der Waals surface area contributed by atoms with E-state index in [4.69, 9.17) is 17.0 Å². The van der Waals surface area contributed by atoms with Crippen LogP contribution in [0.2, 0.25) is 0 Å². The Morgan fingerprint density at radius 3 is 2.86 bits per heavy atom. The lowest BCUT2D eigenvalue weighted by molar-refractivity contribution is 0.106. The summed E-state index contributed by atoms with van der Waals surface area (Å²) in [5, 5.41) is 7.15. The van der Waals surface area contributed by atoms with Crippen LogP contribution in [-0.2, 0) is 4.74 Å². The number of ether oxygens (including phenoxy) is 1. The number of thiocarbonyl (C=S) groups is 1. The SMILES string of the molecule is CCCNC(=S)NCC1CCOC1C. The van der Waals surface area contributed by atoms with Crippen LogP contribution in [0, 0.1) is 5.92 Å². The summed E-state index contributed by atoms with van der Waals surface area (Å²) >= 11 is 5.13. The molecule has 3 nitrogen and oxygen atoms in total. The van der Waals surface area contributed by atoms with Crippen molar-refractivity contribution in [2.24, 2.45) is 5.92 Å². The fourth-order valence-corrected chi connectivity index (χ4v) is 1.75. The number of hydrogen-bond acceptors (Lipinski definition) is 2. The van der Waals surface area contributed by atoms with Crippen molar-refractivity contribution in [1.82, 2.24) is 10.6 Å². The third kappa shape index (κ3) is 3.80. The van der Waals surface area contributed by atoms with E-state index in [1.54, 1.807) is 0 Å². The first kappa shape index (κ1) is 11.7. The molecule has 0 bridgehead atoms. The van der Waals surface area contributed by atoms with Crippen LogP contribution in [0.25, 0.3) is 0 Å². The highest BCUT2D eigenvalue weighted by Gasteiger charge is 2.23. The summed E-state index contributed by atoms with van der Waals surface area (Å²) in [6.07, 6.45) is 2.62. The highest BCUT2D eigenvalue weighted by atomic mass is 32.1. The molecule has 14 heavy (non-hydrogen) atoms. The lowest BCUT2D eigenvalue weighted by atomic mass is 10.0. The van der Waals surface area contributed by atoms with E-state index in [-0.39, 0.29) is 0 Å². The Labute approximate surface area is 91.6 Å². The van der Waals surface area contributed by atoms with Gasteiger partial charge in [-0.15, -0.1) is 0 Å². The van der Waals surface area contributed by atoms with Gasteiger partial charge in [-0.1, -0.05) is 6.92 Å². The average molecular weight is 216 g/mol. The van der Waals surface area contributed by atoms with Crippen molar-refractivity contribution in [3.63, 3.8) is 0 Å². The quantitative estimate of drug-likeness (QED) is 0.694. The Bertz CT molecular complexity index is 187. The second-order valence-corrected chi connectivity index (χ2v) is 4.17. The van der Waals surface area contributed by atoms with Gasteiger partial charge in [0.05, 0.1) is 6.10 Å². The first-order valence-electron chi connectivity index (χ1n) is 5.37. The first-order chi connectivity index (χ1) is 6.74. The largest absolute Gasteiger partial charge is 0.378 e. The minimum absolute atomic E-state index is 0.372. The summed E-state index contributed by atoms with van der Waals surface area (Å²) in [5.74, 6) is 0.608. The van der Waals surface area contributed by atoms with Crippen molar-refractivity contribution in [3.05, 3.63) is 0 Å². The second-order valence-electron chi connectivity index (χ2n) is 3.76. The third-order valence-electron chi connectivity index (χ3n) is 2.59. The fourth-order valence-electron chi connectivity index (χ4n) is 1.57. The van der Waals surface area contributed by atoms with Crippen molar-refractivity contribution in [2.75, 3.05) is 19.7 Å². The summed E-state index contributed by atoms with van der Waals surface area (Å²) < 4.78 is 5.48. The molecule has 2 atom stereocenters. The van der Waals surface area contributed by atoms with Crippen molar-refractivity contribution in [1.29, 1.82) is 0 Å². The van der Waals surface area contributed by atoms with E-state index in [0.717, 1.165) is 37.7 Å². The summed E-state index contributed by atoms with van der Waals surface area (Å²) in [6, 6.07) is 0. The topological polar surface area (TPSA) is 33.3 Å². The van der Waals surface area contributed by atoms with Gasteiger partial charge in [0.1, 0.15) is 0 Å². The van der Waals surface area contributed by atoms with Gasteiger partial charge in [-0.2, -0.15) is 0 Å². The normalized spacial score (nSPS) is 26.1. The molecular weight excluding hydrogens is 196 g/mol. The molecule has 0 saturated carbocycles. The zero-order chi connectivity index (χ0) is 10.4. The number of hydrogen-bond donors (Lipinski definition) is 2.